The first kappa shape index (κ1) is 12.9. The lowest BCUT2D eigenvalue weighted by molar-refractivity contribution is -0.131. The molecule has 1 aromatic carbocycles. The van der Waals surface area contributed by atoms with Crippen LogP contribution in [0.5, 0.6) is 5.75 Å². The summed E-state index contributed by atoms with van der Waals surface area (Å²) in [5.41, 5.74) is 1.04. The molecule has 0 heterocycles. The van der Waals surface area contributed by atoms with E-state index < -0.39 is 0 Å². The summed E-state index contributed by atoms with van der Waals surface area (Å²) in [4.78, 5) is 14.0. The van der Waals surface area contributed by atoms with Crippen LogP contribution in [0.25, 0.3) is 0 Å². The Morgan fingerprint density at radius 1 is 1.39 bits per heavy atom. The minimum Gasteiger partial charge on any atom is -0.497 e. The predicted octanol–water partition coefficient (Wildman–Crippen LogP) is 2.49. The first-order valence-corrected chi connectivity index (χ1v) is 6.50. The maximum absolute atomic E-state index is 12.1. The number of carbonyl (C=O) groups excluding carboxylic acids is 1. The monoisotopic (exact) mass is 247 g/mol. The fraction of sp³-hybridized carbons (Fsp3) is 0.533. The molecular formula is C15H21NO2. The SMILES string of the molecule is COc1ccc(CC(=O)N(C)C(C)C2CC2)cc1. The van der Waals surface area contributed by atoms with Crippen LogP contribution in [-0.4, -0.2) is 31.0 Å². The van der Waals surface area contributed by atoms with Crippen molar-refractivity contribution < 1.29 is 9.53 Å². The van der Waals surface area contributed by atoms with Gasteiger partial charge in [-0.25, -0.2) is 0 Å². The van der Waals surface area contributed by atoms with Gasteiger partial charge in [0.2, 0.25) is 5.91 Å². The van der Waals surface area contributed by atoms with Crippen LogP contribution in [0.15, 0.2) is 24.3 Å². The summed E-state index contributed by atoms with van der Waals surface area (Å²) in [6, 6.07) is 8.06. The summed E-state index contributed by atoms with van der Waals surface area (Å²) in [6.45, 7) is 2.14. The van der Waals surface area contributed by atoms with E-state index >= 15 is 0 Å². The molecule has 0 saturated heterocycles. The van der Waals surface area contributed by atoms with Gasteiger partial charge in [-0.1, -0.05) is 12.1 Å². The third-order valence-corrected chi connectivity index (χ3v) is 3.82. The van der Waals surface area contributed by atoms with Crippen molar-refractivity contribution in [1.82, 2.24) is 4.90 Å². The van der Waals surface area contributed by atoms with Gasteiger partial charge in [-0.3, -0.25) is 4.79 Å². The van der Waals surface area contributed by atoms with Gasteiger partial charge in [-0.15, -0.1) is 0 Å². The number of carbonyl (C=O) groups is 1. The minimum atomic E-state index is 0.194. The third kappa shape index (κ3) is 3.03. The van der Waals surface area contributed by atoms with E-state index in [-0.39, 0.29) is 5.91 Å². The molecule has 98 valence electrons. The van der Waals surface area contributed by atoms with E-state index in [9.17, 15) is 4.79 Å². The molecule has 0 bridgehead atoms. The predicted molar refractivity (Wildman–Crippen MR) is 71.7 cm³/mol. The second-order valence-corrected chi connectivity index (χ2v) is 5.11. The molecule has 1 amide bonds. The molecule has 0 radical (unpaired) electrons. The summed E-state index contributed by atoms with van der Waals surface area (Å²) >= 11 is 0. The van der Waals surface area contributed by atoms with E-state index in [4.69, 9.17) is 4.74 Å². The molecule has 1 aliphatic carbocycles. The number of rotatable bonds is 5. The largest absolute Gasteiger partial charge is 0.497 e. The highest BCUT2D eigenvalue weighted by atomic mass is 16.5. The molecule has 3 nitrogen and oxygen atoms in total. The number of ether oxygens (including phenoxy) is 1. The Bertz CT molecular complexity index is 409. The highest BCUT2D eigenvalue weighted by molar-refractivity contribution is 5.78. The summed E-state index contributed by atoms with van der Waals surface area (Å²) in [5.74, 6) is 1.74. The molecule has 1 aliphatic rings. The van der Waals surface area contributed by atoms with Gasteiger partial charge in [0.1, 0.15) is 5.75 Å². The molecule has 1 unspecified atom stereocenters. The Balaban J connectivity index is 1.92. The molecule has 1 atom stereocenters. The van der Waals surface area contributed by atoms with E-state index in [1.54, 1.807) is 7.11 Å². The molecule has 3 heteroatoms. The smallest absolute Gasteiger partial charge is 0.226 e. The summed E-state index contributed by atoms with van der Waals surface area (Å²) < 4.78 is 5.10. The Kier molecular flexibility index (Phi) is 3.90. The lowest BCUT2D eigenvalue weighted by atomic mass is 10.1. The third-order valence-electron chi connectivity index (χ3n) is 3.82. The molecule has 1 fully saturated rings. The van der Waals surface area contributed by atoms with Crippen LogP contribution in [0.3, 0.4) is 0 Å². The Hall–Kier alpha value is -1.51. The molecule has 18 heavy (non-hydrogen) atoms. The number of hydrogen-bond acceptors (Lipinski definition) is 2. The molecule has 0 aliphatic heterocycles. The fourth-order valence-electron chi connectivity index (χ4n) is 2.16. The van der Waals surface area contributed by atoms with E-state index in [2.05, 4.69) is 6.92 Å². The molecular weight excluding hydrogens is 226 g/mol. The topological polar surface area (TPSA) is 29.5 Å². The van der Waals surface area contributed by atoms with E-state index in [0.29, 0.717) is 12.5 Å². The second kappa shape index (κ2) is 5.42. The van der Waals surface area contributed by atoms with E-state index in [1.165, 1.54) is 12.8 Å². The van der Waals surface area contributed by atoms with Gasteiger partial charge in [0, 0.05) is 13.1 Å². The van der Waals surface area contributed by atoms with Gasteiger partial charge in [0.25, 0.3) is 0 Å². The Morgan fingerprint density at radius 3 is 2.50 bits per heavy atom. The van der Waals surface area contributed by atoms with E-state index in [1.807, 2.05) is 36.2 Å². The highest BCUT2D eigenvalue weighted by Crippen LogP contribution is 2.34. The van der Waals surface area contributed by atoms with E-state index in [0.717, 1.165) is 17.2 Å². The number of nitrogens with zero attached hydrogens (tertiary/aromatic N) is 1. The molecule has 2 rings (SSSR count). The van der Waals surface area contributed by atoms with Gasteiger partial charge in [0.15, 0.2) is 0 Å². The molecule has 0 aromatic heterocycles. The fourth-order valence-corrected chi connectivity index (χ4v) is 2.16. The van der Waals surface area contributed by atoms with Crippen LogP contribution in [-0.2, 0) is 11.2 Å². The minimum absolute atomic E-state index is 0.194. The highest BCUT2D eigenvalue weighted by Gasteiger charge is 2.32. The quantitative estimate of drug-likeness (QED) is 0.800. The van der Waals surface area contributed by atoms with Crippen molar-refractivity contribution in [1.29, 1.82) is 0 Å². The van der Waals surface area contributed by atoms with Crippen LogP contribution >= 0.6 is 0 Å². The van der Waals surface area contributed by atoms with Crippen LogP contribution in [0, 0.1) is 5.92 Å². The maximum Gasteiger partial charge on any atom is 0.226 e. The van der Waals surface area contributed by atoms with Gasteiger partial charge in [-0.2, -0.15) is 0 Å². The van der Waals surface area contributed by atoms with Crippen molar-refractivity contribution in [2.45, 2.75) is 32.2 Å². The summed E-state index contributed by atoms with van der Waals surface area (Å²) in [5, 5.41) is 0. The lowest BCUT2D eigenvalue weighted by Crippen LogP contribution is -2.37. The number of hydrogen-bond donors (Lipinski definition) is 0. The average Bonchev–Trinajstić information content (AvgIpc) is 3.22. The maximum atomic E-state index is 12.1. The van der Waals surface area contributed by atoms with Gasteiger partial charge in [0.05, 0.1) is 13.5 Å². The van der Waals surface area contributed by atoms with Crippen molar-refractivity contribution in [2.75, 3.05) is 14.2 Å². The van der Waals surface area contributed by atoms with Crippen molar-refractivity contribution in [3.8, 4) is 5.75 Å². The molecule has 1 saturated carbocycles. The Morgan fingerprint density at radius 2 is 2.00 bits per heavy atom. The van der Waals surface area contributed by atoms with Crippen LogP contribution in [0.4, 0.5) is 0 Å². The lowest BCUT2D eigenvalue weighted by Gasteiger charge is -2.25. The van der Waals surface area contributed by atoms with Gasteiger partial charge >= 0.3 is 0 Å². The van der Waals surface area contributed by atoms with Crippen LogP contribution in [0.2, 0.25) is 0 Å². The van der Waals surface area contributed by atoms with Gasteiger partial charge < -0.3 is 9.64 Å². The zero-order valence-corrected chi connectivity index (χ0v) is 11.3. The standard InChI is InChI=1S/C15H21NO2/c1-11(13-6-7-13)16(2)15(17)10-12-4-8-14(18-3)9-5-12/h4-5,8-9,11,13H,6-7,10H2,1-3H3. The number of benzene rings is 1. The average molecular weight is 247 g/mol. The first-order chi connectivity index (χ1) is 8.61. The summed E-state index contributed by atoms with van der Waals surface area (Å²) in [6.07, 6.45) is 3.00. The number of amides is 1. The zero-order valence-electron chi connectivity index (χ0n) is 11.3. The molecule has 0 spiro atoms. The zero-order chi connectivity index (χ0) is 13.1. The van der Waals surface area contributed by atoms with Crippen molar-refractivity contribution in [2.24, 2.45) is 5.92 Å². The van der Waals surface area contributed by atoms with Crippen LogP contribution in [0.1, 0.15) is 25.3 Å². The molecule has 1 aromatic rings. The Labute approximate surface area is 109 Å². The van der Waals surface area contributed by atoms with Crippen molar-refractivity contribution in [3.05, 3.63) is 29.8 Å². The normalized spacial score (nSPS) is 16.2. The first-order valence-electron chi connectivity index (χ1n) is 6.50. The molecule has 0 N–H and O–H groups in total. The summed E-state index contributed by atoms with van der Waals surface area (Å²) in [7, 11) is 3.56. The van der Waals surface area contributed by atoms with Crippen molar-refractivity contribution >= 4 is 5.91 Å². The number of methoxy groups -OCH3 is 1. The van der Waals surface area contributed by atoms with Crippen LogP contribution < -0.4 is 4.74 Å². The van der Waals surface area contributed by atoms with Crippen molar-refractivity contribution in [3.63, 3.8) is 0 Å². The van der Waals surface area contributed by atoms with Gasteiger partial charge in [-0.05, 0) is 43.4 Å². The second-order valence-electron chi connectivity index (χ2n) is 5.11. The number of likely N-dealkylation sites (N-methyl/N-ethyl adjacent to an activating group) is 1.